The van der Waals surface area contributed by atoms with Crippen molar-refractivity contribution < 1.29 is 4.79 Å². The van der Waals surface area contributed by atoms with Crippen LogP contribution < -0.4 is 0 Å². The molecule has 6 heavy (non-hydrogen) atoms. The zero-order chi connectivity index (χ0) is 4.99. The van der Waals surface area contributed by atoms with Crippen LogP contribution in [0.3, 0.4) is 0 Å². The van der Waals surface area contributed by atoms with Gasteiger partial charge in [-0.2, -0.15) is 0 Å². The number of hydrogen-bond donors (Lipinski definition) is 0. The Balaban J connectivity index is 2.99. The molecule has 3 heteroatoms. The summed E-state index contributed by atoms with van der Waals surface area (Å²) in [4.78, 5) is 10.2. The number of hydrogen-bond acceptors (Lipinski definition) is 1. The fourth-order valence-electron chi connectivity index (χ4n) is 0.250. The summed E-state index contributed by atoms with van der Waals surface area (Å²) in [6.45, 7) is 1.88. The molecule has 0 aliphatic heterocycles. The lowest BCUT2D eigenvalue weighted by Gasteiger charge is -1.79. The first-order valence-corrected chi connectivity index (χ1v) is 2.33. The average Bonchev–Trinajstić information content (AvgIpc) is 1.65. The summed E-state index contributed by atoms with van der Waals surface area (Å²) in [5, 5.41) is 0. The molecule has 0 N–H and O–H groups in total. The van der Waals surface area contributed by atoms with Crippen LogP contribution in [-0.4, -0.2) is 20.8 Å². The maximum Gasteiger partial charge on any atom is 0.201 e. The highest BCUT2D eigenvalue weighted by molar-refractivity contribution is 6.75. The standard InChI is InChI=1S/C3H8B2O/c1-5-3(6)2-4/h5H,2,4H2,1H3. The van der Waals surface area contributed by atoms with Gasteiger partial charge in [-0.25, -0.2) is 0 Å². The van der Waals surface area contributed by atoms with Crippen LogP contribution >= 0.6 is 0 Å². The number of carbonyl (C=O) groups is 1. The minimum atomic E-state index is 0.343. The Hall–Kier alpha value is -0.200. The minimum Gasteiger partial charge on any atom is -0.312 e. The van der Waals surface area contributed by atoms with Crippen LogP contribution in [0.15, 0.2) is 0 Å². The summed E-state index contributed by atoms with van der Waals surface area (Å²) < 4.78 is 0. The molecule has 0 radical (unpaired) electrons. The monoisotopic (exact) mass is 82.1 g/mol. The van der Waals surface area contributed by atoms with E-state index >= 15 is 0 Å². The van der Waals surface area contributed by atoms with Crippen LogP contribution in [0.1, 0.15) is 0 Å². The van der Waals surface area contributed by atoms with Crippen molar-refractivity contribution in [3.8, 4) is 0 Å². The molecule has 0 aromatic carbocycles. The highest BCUT2D eigenvalue weighted by Gasteiger charge is 1.89. The normalized spacial score (nSPS) is 7.50. The zero-order valence-electron chi connectivity index (χ0n) is 4.32. The zero-order valence-corrected chi connectivity index (χ0v) is 4.32. The average molecular weight is 81.7 g/mol. The van der Waals surface area contributed by atoms with Crippen LogP contribution in [0.4, 0.5) is 0 Å². The van der Waals surface area contributed by atoms with E-state index in [1.807, 2.05) is 14.7 Å². The third-order valence-electron chi connectivity index (χ3n) is 0.789. The van der Waals surface area contributed by atoms with Crippen molar-refractivity contribution in [3.05, 3.63) is 0 Å². The first-order valence-electron chi connectivity index (χ1n) is 2.33. The molecule has 0 rings (SSSR count). The van der Waals surface area contributed by atoms with E-state index in [1.165, 1.54) is 0 Å². The topological polar surface area (TPSA) is 17.1 Å². The van der Waals surface area contributed by atoms with Crippen molar-refractivity contribution in [1.82, 2.24) is 0 Å². The Bertz CT molecular complexity index is 46.8. The Morgan fingerprint density at radius 3 is 2.50 bits per heavy atom. The second-order valence-electron chi connectivity index (χ2n) is 1.25. The van der Waals surface area contributed by atoms with E-state index in [0.717, 1.165) is 0 Å². The third kappa shape index (κ3) is 2.06. The molecule has 0 aliphatic rings. The molecule has 0 unspecified atom stereocenters. The molecule has 0 aromatic rings. The SMILES string of the molecule is BCC(=O)BC. The van der Waals surface area contributed by atoms with E-state index in [0.29, 0.717) is 19.3 Å². The predicted octanol–water partition coefficient (Wildman–Crippen LogP) is -0.951. The van der Waals surface area contributed by atoms with E-state index in [-0.39, 0.29) is 0 Å². The van der Waals surface area contributed by atoms with Gasteiger partial charge in [-0.1, -0.05) is 6.82 Å². The van der Waals surface area contributed by atoms with Crippen molar-refractivity contribution >= 4 is 20.8 Å². The summed E-state index contributed by atoms with van der Waals surface area (Å²) in [6.07, 6.45) is 0.691. The summed E-state index contributed by atoms with van der Waals surface area (Å²) in [6, 6.07) is 0. The molecule has 32 valence electrons. The molecule has 0 fully saturated rings. The fourth-order valence-corrected chi connectivity index (χ4v) is 0.250. The summed E-state index contributed by atoms with van der Waals surface area (Å²) in [5.41, 5.74) is 0.343. The molecule has 0 heterocycles. The quantitative estimate of drug-likeness (QED) is 0.392. The van der Waals surface area contributed by atoms with Crippen LogP contribution in [0.5, 0.6) is 0 Å². The van der Waals surface area contributed by atoms with Gasteiger partial charge in [0.15, 0.2) is 0 Å². The van der Waals surface area contributed by atoms with Gasteiger partial charge in [0, 0.05) is 0 Å². The smallest absolute Gasteiger partial charge is 0.201 e. The Morgan fingerprint density at radius 1 is 2.00 bits per heavy atom. The highest BCUT2D eigenvalue weighted by atomic mass is 16.1. The molecule has 1 nitrogen and oxygen atoms in total. The third-order valence-corrected chi connectivity index (χ3v) is 0.789. The molecule has 0 amide bonds. The Labute approximate surface area is 39.8 Å². The predicted molar refractivity (Wildman–Crippen MR) is 31.4 cm³/mol. The van der Waals surface area contributed by atoms with Crippen LogP contribution in [0, 0.1) is 0 Å². The molecule has 0 saturated heterocycles. The lowest BCUT2D eigenvalue weighted by Crippen LogP contribution is -2.01. The Morgan fingerprint density at radius 2 is 2.50 bits per heavy atom. The largest absolute Gasteiger partial charge is 0.312 e. The van der Waals surface area contributed by atoms with E-state index in [9.17, 15) is 4.79 Å². The maximum absolute atomic E-state index is 10.2. The van der Waals surface area contributed by atoms with Crippen LogP contribution in [0.25, 0.3) is 0 Å². The summed E-state index contributed by atoms with van der Waals surface area (Å²) in [5.74, 6) is 0. The van der Waals surface area contributed by atoms with Gasteiger partial charge in [-0.05, 0) is 6.32 Å². The van der Waals surface area contributed by atoms with E-state index in [1.54, 1.807) is 0 Å². The van der Waals surface area contributed by atoms with Gasteiger partial charge in [0.1, 0.15) is 7.85 Å². The summed E-state index contributed by atoms with van der Waals surface area (Å²) >= 11 is 0. The Kier molecular flexibility index (Phi) is 2.91. The molecule has 0 aliphatic carbocycles. The molecular weight excluding hydrogens is 73.7 g/mol. The van der Waals surface area contributed by atoms with Gasteiger partial charge in [-0.15, -0.1) is 0 Å². The highest BCUT2D eigenvalue weighted by Crippen LogP contribution is 1.70. The lowest BCUT2D eigenvalue weighted by atomic mass is 9.71. The van der Waals surface area contributed by atoms with E-state index in [4.69, 9.17) is 0 Å². The fraction of sp³-hybridized carbons (Fsp3) is 0.667. The maximum atomic E-state index is 10.2. The van der Waals surface area contributed by atoms with Gasteiger partial charge in [0.25, 0.3) is 0 Å². The van der Waals surface area contributed by atoms with Gasteiger partial charge >= 0.3 is 0 Å². The van der Waals surface area contributed by atoms with Gasteiger partial charge in [0.2, 0.25) is 7.28 Å². The van der Waals surface area contributed by atoms with Crippen LogP contribution in [0.2, 0.25) is 13.1 Å². The van der Waals surface area contributed by atoms with E-state index < -0.39 is 0 Å². The first kappa shape index (κ1) is 5.80. The minimum absolute atomic E-state index is 0.343. The van der Waals surface area contributed by atoms with Gasteiger partial charge in [0.05, 0.1) is 5.68 Å². The summed E-state index contributed by atoms with van der Waals surface area (Å²) in [7, 11) is 2.57. The number of rotatable bonds is 2. The second kappa shape index (κ2) is 3.01. The molecular formula is C3H8B2O. The van der Waals surface area contributed by atoms with Crippen molar-refractivity contribution in [2.24, 2.45) is 0 Å². The molecule has 0 aromatic heterocycles. The van der Waals surface area contributed by atoms with Crippen molar-refractivity contribution in [2.45, 2.75) is 13.1 Å². The second-order valence-corrected chi connectivity index (χ2v) is 1.25. The lowest BCUT2D eigenvalue weighted by molar-refractivity contribution is -0.110. The van der Waals surface area contributed by atoms with Crippen LogP contribution in [-0.2, 0) is 4.79 Å². The van der Waals surface area contributed by atoms with Crippen molar-refractivity contribution in [2.75, 3.05) is 0 Å². The number of carbonyl (C=O) groups excluding carboxylic acids is 1. The van der Waals surface area contributed by atoms with Crippen molar-refractivity contribution in [3.63, 3.8) is 0 Å². The molecule has 0 bridgehead atoms. The molecule has 0 saturated carbocycles. The van der Waals surface area contributed by atoms with Crippen molar-refractivity contribution in [1.29, 1.82) is 0 Å². The molecule has 0 spiro atoms. The van der Waals surface area contributed by atoms with Gasteiger partial charge < -0.3 is 4.79 Å². The van der Waals surface area contributed by atoms with Gasteiger partial charge in [-0.3, -0.25) is 0 Å². The molecule has 0 atom stereocenters. The first-order chi connectivity index (χ1) is 2.81. The van der Waals surface area contributed by atoms with E-state index in [2.05, 4.69) is 0 Å².